The van der Waals surface area contributed by atoms with E-state index in [1.54, 1.807) is 43.3 Å². The van der Waals surface area contributed by atoms with E-state index >= 15 is 0 Å². The largest absolute Gasteiger partial charge is 0.508 e. The highest BCUT2D eigenvalue weighted by Gasteiger charge is 2.12. The first-order valence-electron chi connectivity index (χ1n) is 7.19. The first-order chi connectivity index (χ1) is 11.0. The van der Waals surface area contributed by atoms with Crippen LogP contribution >= 0.6 is 11.3 Å². The Balaban J connectivity index is 1.96. The van der Waals surface area contributed by atoms with Gasteiger partial charge in [-0.05, 0) is 30.7 Å². The van der Waals surface area contributed by atoms with Crippen molar-refractivity contribution in [1.82, 2.24) is 9.88 Å². The van der Waals surface area contributed by atoms with Crippen LogP contribution in [0.15, 0.2) is 35.7 Å². The van der Waals surface area contributed by atoms with E-state index in [1.807, 2.05) is 18.4 Å². The van der Waals surface area contributed by atoms with Crippen LogP contribution in [0.3, 0.4) is 0 Å². The maximum absolute atomic E-state index is 12.1. The number of methoxy groups -OCH3 is 1. The molecule has 0 saturated carbocycles. The van der Waals surface area contributed by atoms with Crippen molar-refractivity contribution in [3.8, 4) is 5.75 Å². The maximum atomic E-state index is 12.1. The molecule has 1 atom stereocenters. The van der Waals surface area contributed by atoms with Gasteiger partial charge in [0.25, 0.3) is 0 Å². The first kappa shape index (κ1) is 17.2. The Morgan fingerprint density at radius 2 is 2.30 bits per heavy atom. The Labute approximate surface area is 139 Å². The maximum Gasteiger partial charge on any atom is 0.246 e. The number of amides is 1. The second-order valence-electron chi connectivity index (χ2n) is 5.18. The van der Waals surface area contributed by atoms with Crippen LogP contribution < -0.4 is 0 Å². The molecular formula is C17H20N2O3S. The lowest BCUT2D eigenvalue weighted by Crippen LogP contribution is -2.24. The molecule has 0 unspecified atom stereocenters. The van der Waals surface area contributed by atoms with Crippen LogP contribution in [0.1, 0.15) is 29.3 Å². The molecule has 2 rings (SSSR count). The van der Waals surface area contributed by atoms with Crippen molar-refractivity contribution in [3.63, 3.8) is 0 Å². The summed E-state index contributed by atoms with van der Waals surface area (Å²) in [5.74, 6) is 0.0536. The Bertz CT molecular complexity index is 697. The Kier molecular flexibility index (Phi) is 5.90. The van der Waals surface area contributed by atoms with Gasteiger partial charge in [-0.2, -0.15) is 0 Å². The van der Waals surface area contributed by atoms with Gasteiger partial charge in [-0.3, -0.25) is 4.79 Å². The number of carbonyl (C=O) groups is 1. The number of hydrogen-bond donors (Lipinski definition) is 1. The molecule has 6 heteroatoms. The fourth-order valence-electron chi connectivity index (χ4n) is 1.93. The van der Waals surface area contributed by atoms with Crippen molar-refractivity contribution in [2.75, 3.05) is 14.2 Å². The molecule has 23 heavy (non-hydrogen) atoms. The number of phenols is 1. The standard InChI is InChI=1S/C17H20N2O3S/c1-12(22-3)17-18-14(11-23-17)10-19(2)16(21)8-7-13-5-4-6-15(20)9-13/h4-9,11-12,20H,10H2,1-3H3/b8-7+/t12-/m0/s1. The van der Waals surface area contributed by atoms with Gasteiger partial charge in [0.1, 0.15) is 16.9 Å². The van der Waals surface area contributed by atoms with Crippen molar-refractivity contribution in [2.24, 2.45) is 0 Å². The Morgan fingerprint density at radius 3 is 3.00 bits per heavy atom. The van der Waals surface area contributed by atoms with Gasteiger partial charge in [0.2, 0.25) is 5.91 Å². The third-order valence-electron chi connectivity index (χ3n) is 3.33. The van der Waals surface area contributed by atoms with Gasteiger partial charge >= 0.3 is 0 Å². The smallest absolute Gasteiger partial charge is 0.246 e. The summed E-state index contributed by atoms with van der Waals surface area (Å²) < 4.78 is 5.23. The number of carbonyl (C=O) groups excluding carboxylic acids is 1. The van der Waals surface area contributed by atoms with Gasteiger partial charge in [0, 0.05) is 25.6 Å². The normalized spacial score (nSPS) is 12.5. The zero-order chi connectivity index (χ0) is 16.8. The van der Waals surface area contributed by atoms with E-state index in [0.29, 0.717) is 6.54 Å². The van der Waals surface area contributed by atoms with Gasteiger partial charge in [-0.1, -0.05) is 12.1 Å². The second kappa shape index (κ2) is 7.89. The summed E-state index contributed by atoms with van der Waals surface area (Å²) in [5.41, 5.74) is 1.62. The topological polar surface area (TPSA) is 62.7 Å². The lowest BCUT2D eigenvalue weighted by atomic mass is 10.2. The molecule has 0 fully saturated rings. The van der Waals surface area contributed by atoms with Gasteiger partial charge in [-0.15, -0.1) is 11.3 Å². The minimum absolute atomic E-state index is 0.0413. The van der Waals surface area contributed by atoms with Crippen LogP contribution in [-0.4, -0.2) is 35.1 Å². The molecule has 0 saturated heterocycles. The van der Waals surface area contributed by atoms with E-state index < -0.39 is 0 Å². The number of thiazole rings is 1. The lowest BCUT2D eigenvalue weighted by Gasteiger charge is -2.13. The van der Waals surface area contributed by atoms with Crippen molar-refractivity contribution in [2.45, 2.75) is 19.6 Å². The monoisotopic (exact) mass is 332 g/mol. The summed E-state index contributed by atoms with van der Waals surface area (Å²) in [7, 11) is 3.38. The van der Waals surface area contributed by atoms with Crippen LogP contribution in [0.4, 0.5) is 0 Å². The summed E-state index contributed by atoms with van der Waals surface area (Å²) in [4.78, 5) is 18.2. The number of phenolic OH excluding ortho intramolecular Hbond substituents is 1. The molecule has 0 aliphatic carbocycles. The number of rotatable bonds is 6. The Hall–Kier alpha value is -2.18. The molecule has 0 bridgehead atoms. The van der Waals surface area contributed by atoms with Crippen LogP contribution in [-0.2, 0) is 16.1 Å². The van der Waals surface area contributed by atoms with E-state index in [9.17, 15) is 9.90 Å². The van der Waals surface area contributed by atoms with Crippen molar-refractivity contribution in [1.29, 1.82) is 0 Å². The van der Waals surface area contributed by atoms with Crippen LogP contribution in [0.25, 0.3) is 6.08 Å². The minimum Gasteiger partial charge on any atom is -0.508 e. The van der Waals surface area contributed by atoms with Gasteiger partial charge < -0.3 is 14.7 Å². The molecule has 1 N–H and O–H groups in total. The van der Waals surface area contributed by atoms with Crippen molar-refractivity contribution in [3.05, 3.63) is 52.0 Å². The number of aromatic hydroxyl groups is 1. The predicted molar refractivity (Wildman–Crippen MR) is 91.2 cm³/mol. The highest BCUT2D eigenvalue weighted by atomic mass is 32.1. The fraction of sp³-hybridized carbons (Fsp3) is 0.294. The van der Waals surface area contributed by atoms with E-state index in [4.69, 9.17) is 4.74 Å². The summed E-state index contributed by atoms with van der Waals surface area (Å²) >= 11 is 1.53. The summed E-state index contributed by atoms with van der Waals surface area (Å²) in [6.07, 6.45) is 3.12. The molecule has 1 amide bonds. The number of likely N-dealkylation sites (N-methyl/N-ethyl adjacent to an activating group) is 1. The fourth-order valence-corrected chi connectivity index (χ4v) is 2.77. The SMILES string of the molecule is CO[C@@H](C)c1nc(CN(C)C(=O)/C=C/c2cccc(O)c2)cs1. The van der Waals surface area contributed by atoms with E-state index in [2.05, 4.69) is 4.98 Å². The van der Waals surface area contributed by atoms with E-state index in [0.717, 1.165) is 16.3 Å². The second-order valence-corrected chi connectivity index (χ2v) is 6.07. The summed E-state index contributed by atoms with van der Waals surface area (Å²) in [5, 5.41) is 12.2. The molecule has 0 aliphatic rings. The average molecular weight is 332 g/mol. The quantitative estimate of drug-likeness (QED) is 0.825. The number of hydrogen-bond acceptors (Lipinski definition) is 5. The van der Waals surface area contributed by atoms with Crippen LogP contribution in [0.2, 0.25) is 0 Å². The average Bonchev–Trinajstić information content (AvgIpc) is 3.00. The van der Waals surface area contributed by atoms with Crippen LogP contribution in [0.5, 0.6) is 5.75 Å². The molecule has 0 aliphatic heterocycles. The molecular weight excluding hydrogens is 312 g/mol. The Morgan fingerprint density at radius 1 is 1.52 bits per heavy atom. The summed E-state index contributed by atoms with van der Waals surface area (Å²) in [6, 6.07) is 6.74. The highest BCUT2D eigenvalue weighted by molar-refractivity contribution is 7.09. The van der Waals surface area contributed by atoms with Crippen molar-refractivity contribution >= 4 is 23.3 Å². The zero-order valence-electron chi connectivity index (χ0n) is 13.4. The third kappa shape index (κ3) is 4.91. The van der Waals surface area contributed by atoms with Gasteiger partial charge in [-0.25, -0.2) is 4.98 Å². The number of ether oxygens (including phenoxy) is 1. The highest BCUT2D eigenvalue weighted by Crippen LogP contribution is 2.21. The molecule has 5 nitrogen and oxygen atoms in total. The molecule has 1 heterocycles. The van der Waals surface area contributed by atoms with E-state index in [1.165, 1.54) is 17.4 Å². The number of aromatic nitrogens is 1. The van der Waals surface area contributed by atoms with E-state index in [-0.39, 0.29) is 17.8 Å². The predicted octanol–water partition coefficient (Wildman–Crippen LogP) is 3.23. The summed E-state index contributed by atoms with van der Waals surface area (Å²) in [6.45, 7) is 2.38. The number of nitrogens with zero attached hydrogens (tertiary/aromatic N) is 2. The molecule has 2 aromatic rings. The zero-order valence-corrected chi connectivity index (χ0v) is 14.2. The minimum atomic E-state index is -0.123. The van der Waals surface area contributed by atoms with Crippen LogP contribution in [0, 0.1) is 0 Å². The third-order valence-corrected chi connectivity index (χ3v) is 4.39. The molecule has 122 valence electrons. The number of benzene rings is 1. The molecule has 0 spiro atoms. The molecule has 1 aromatic heterocycles. The van der Waals surface area contributed by atoms with Gasteiger partial charge in [0.15, 0.2) is 0 Å². The molecule has 1 aromatic carbocycles. The van der Waals surface area contributed by atoms with Gasteiger partial charge in [0.05, 0.1) is 12.2 Å². The lowest BCUT2D eigenvalue weighted by molar-refractivity contribution is -0.125. The first-order valence-corrected chi connectivity index (χ1v) is 8.07. The van der Waals surface area contributed by atoms with Crippen molar-refractivity contribution < 1.29 is 14.6 Å². The molecule has 0 radical (unpaired) electrons.